The SMILES string of the molecule is Bc1c(NC2=NCCN2)ccc2nc(OC)cnc12. The molecule has 1 aromatic carbocycles. The number of fused-ring (bicyclic) bond motifs is 1. The second-order valence-electron chi connectivity index (χ2n) is 4.30. The summed E-state index contributed by atoms with van der Waals surface area (Å²) < 4.78 is 5.08. The summed E-state index contributed by atoms with van der Waals surface area (Å²) in [5.74, 6) is 1.33. The van der Waals surface area contributed by atoms with E-state index in [1.54, 1.807) is 13.3 Å². The molecular formula is C12H14BN5O. The van der Waals surface area contributed by atoms with E-state index in [0.717, 1.165) is 41.2 Å². The molecule has 7 heteroatoms. The van der Waals surface area contributed by atoms with E-state index in [4.69, 9.17) is 4.74 Å². The molecule has 0 atom stereocenters. The first-order valence-corrected chi connectivity index (χ1v) is 6.13. The molecule has 1 aromatic heterocycles. The second kappa shape index (κ2) is 4.76. The summed E-state index contributed by atoms with van der Waals surface area (Å²) in [6.45, 7) is 1.69. The number of benzene rings is 1. The topological polar surface area (TPSA) is 71.4 Å². The number of aromatic nitrogens is 2. The highest BCUT2D eigenvalue weighted by molar-refractivity contribution is 6.42. The number of aliphatic imine (C=N–C) groups is 1. The predicted molar refractivity (Wildman–Crippen MR) is 78.2 cm³/mol. The number of ether oxygens (including phenoxy) is 1. The molecule has 0 spiro atoms. The molecule has 6 nitrogen and oxygen atoms in total. The maximum Gasteiger partial charge on any atom is 0.232 e. The summed E-state index contributed by atoms with van der Waals surface area (Å²) in [6.07, 6.45) is 1.63. The third kappa shape index (κ3) is 2.19. The molecule has 19 heavy (non-hydrogen) atoms. The Balaban J connectivity index is 2.00. The van der Waals surface area contributed by atoms with Crippen molar-refractivity contribution in [3.05, 3.63) is 18.3 Å². The number of rotatable bonds is 2. The second-order valence-corrected chi connectivity index (χ2v) is 4.30. The number of anilines is 1. The van der Waals surface area contributed by atoms with Gasteiger partial charge in [0.15, 0.2) is 5.96 Å². The van der Waals surface area contributed by atoms with Crippen LogP contribution in [0.1, 0.15) is 0 Å². The molecule has 1 aliphatic heterocycles. The monoisotopic (exact) mass is 255 g/mol. The standard InChI is InChI=1S/C12H14BN5O/c1-19-9-6-16-11-8(17-9)3-2-7(10(11)13)18-12-14-4-5-15-12/h2-3,6H,4-5,13H2,1H3,(H2,14,15,18). The summed E-state index contributed by atoms with van der Waals surface area (Å²) >= 11 is 0. The van der Waals surface area contributed by atoms with E-state index in [2.05, 4.69) is 25.6 Å². The van der Waals surface area contributed by atoms with Crippen LogP contribution >= 0.6 is 0 Å². The largest absolute Gasteiger partial charge is 0.480 e. The highest BCUT2D eigenvalue weighted by atomic mass is 16.5. The van der Waals surface area contributed by atoms with Crippen LogP contribution in [0, 0.1) is 0 Å². The molecule has 0 fully saturated rings. The minimum Gasteiger partial charge on any atom is -0.480 e. The predicted octanol–water partition coefficient (Wildman–Crippen LogP) is -0.732. The van der Waals surface area contributed by atoms with E-state index < -0.39 is 0 Å². The van der Waals surface area contributed by atoms with E-state index in [0.29, 0.717) is 5.88 Å². The van der Waals surface area contributed by atoms with Crippen molar-refractivity contribution in [1.82, 2.24) is 15.3 Å². The van der Waals surface area contributed by atoms with Gasteiger partial charge in [0.1, 0.15) is 7.85 Å². The van der Waals surface area contributed by atoms with Gasteiger partial charge in [-0.05, 0) is 17.6 Å². The van der Waals surface area contributed by atoms with Gasteiger partial charge in [0.05, 0.1) is 30.9 Å². The molecular weight excluding hydrogens is 241 g/mol. The van der Waals surface area contributed by atoms with E-state index in [-0.39, 0.29) is 0 Å². The Bertz CT molecular complexity index is 658. The molecule has 0 saturated heterocycles. The van der Waals surface area contributed by atoms with Gasteiger partial charge >= 0.3 is 0 Å². The van der Waals surface area contributed by atoms with Gasteiger partial charge < -0.3 is 15.4 Å². The van der Waals surface area contributed by atoms with Crippen LogP contribution in [-0.4, -0.2) is 44.0 Å². The van der Waals surface area contributed by atoms with Crippen molar-refractivity contribution in [2.24, 2.45) is 4.99 Å². The van der Waals surface area contributed by atoms with Crippen LogP contribution in [0.3, 0.4) is 0 Å². The number of hydrogen-bond donors (Lipinski definition) is 2. The van der Waals surface area contributed by atoms with E-state index in [1.165, 1.54) is 0 Å². The molecule has 2 heterocycles. The van der Waals surface area contributed by atoms with E-state index in [1.807, 2.05) is 20.0 Å². The van der Waals surface area contributed by atoms with Crippen molar-refractivity contribution in [1.29, 1.82) is 0 Å². The Morgan fingerprint density at radius 2 is 2.32 bits per heavy atom. The zero-order valence-electron chi connectivity index (χ0n) is 10.9. The van der Waals surface area contributed by atoms with Crippen molar-refractivity contribution >= 4 is 36.0 Å². The highest BCUT2D eigenvalue weighted by Gasteiger charge is 2.10. The molecule has 0 amide bonds. The quantitative estimate of drug-likeness (QED) is 0.692. The molecule has 0 unspecified atom stereocenters. The summed E-state index contributed by atoms with van der Waals surface area (Å²) in [6, 6.07) is 3.91. The smallest absolute Gasteiger partial charge is 0.232 e. The van der Waals surface area contributed by atoms with Crippen LogP contribution in [0.5, 0.6) is 5.88 Å². The molecule has 96 valence electrons. The number of methoxy groups -OCH3 is 1. The van der Waals surface area contributed by atoms with Crippen molar-refractivity contribution in [3.8, 4) is 5.88 Å². The molecule has 0 aliphatic carbocycles. The van der Waals surface area contributed by atoms with Crippen LogP contribution in [0.25, 0.3) is 11.0 Å². The van der Waals surface area contributed by atoms with Gasteiger partial charge in [-0.1, -0.05) is 0 Å². The number of nitrogens with zero attached hydrogens (tertiary/aromatic N) is 3. The lowest BCUT2D eigenvalue weighted by Crippen LogP contribution is -2.29. The summed E-state index contributed by atoms with van der Waals surface area (Å²) in [7, 11) is 3.60. The minimum absolute atomic E-state index is 0.523. The maximum atomic E-state index is 5.08. The van der Waals surface area contributed by atoms with Gasteiger partial charge in [-0.2, -0.15) is 0 Å². The molecule has 0 radical (unpaired) electrons. The van der Waals surface area contributed by atoms with Crippen LogP contribution in [0.2, 0.25) is 0 Å². The normalized spacial score (nSPS) is 14.1. The van der Waals surface area contributed by atoms with Crippen molar-refractivity contribution in [2.75, 3.05) is 25.5 Å². The molecule has 0 saturated carbocycles. The molecule has 1 aliphatic rings. The minimum atomic E-state index is 0.523. The lowest BCUT2D eigenvalue weighted by molar-refractivity contribution is 0.398. The van der Waals surface area contributed by atoms with Crippen LogP contribution < -0.4 is 20.8 Å². The van der Waals surface area contributed by atoms with Crippen LogP contribution in [0.15, 0.2) is 23.3 Å². The molecule has 2 aromatic rings. The van der Waals surface area contributed by atoms with Gasteiger partial charge in [0.2, 0.25) is 5.88 Å². The molecule has 0 bridgehead atoms. The Morgan fingerprint density at radius 3 is 3.05 bits per heavy atom. The third-order valence-electron chi connectivity index (χ3n) is 3.08. The van der Waals surface area contributed by atoms with Gasteiger partial charge in [-0.25, -0.2) is 9.97 Å². The summed E-state index contributed by atoms with van der Waals surface area (Å²) in [5.41, 5.74) is 3.72. The zero-order valence-corrected chi connectivity index (χ0v) is 10.9. The van der Waals surface area contributed by atoms with Crippen LogP contribution in [-0.2, 0) is 0 Å². The first-order valence-electron chi connectivity index (χ1n) is 6.13. The van der Waals surface area contributed by atoms with E-state index >= 15 is 0 Å². The first-order chi connectivity index (χ1) is 9.28. The Morgan fingerprint density at radius 1 is 1.42 bits per heavy atom. The summed E-state index contributed by atoms with van der Waals surface area (Å²) in [4.78, 5) is 13.1. The van der Waals surface area contributed by atoms with Gasteiger partial charge in [0, 0.05) is 12.2 Å². The Hall–Kier alpha value is -2.31. The third-order valence-corrected chi connectivity index (χ3v) is 3.08. The van der Waals surface area contributed by atoms with Gasteiger partial charge in [-0.15, -0.1) is 0 Å². The maximum absolute atomic E-state index is 5.08. The van der Waals surface area contributed by atoms with Gasteiger partial charge in [-0.3, -0.25) is 4.99 Å². The highest BCUT2D eigenvalue weighted by Crippen LogP contribution is 2.15. The van der Waals surface area contributed by atoms with Crippen LogP contribution in [0.4, 0.5) is 5.69 Å². The Labute approximate surface area is 111 Å². The Kier molecular flexibility index (Phi) is 2.95. The van der Waals surface area contributed by atoms with Crippen molar-refractivity contribution < 1.29 is 4.74 Å². The fraction of sp³-hybridized carbons (Fsp3) is 0.250. The van der Waals surface area contributed by atoms with Crippen molar-refractivity contribution in [3.63, 3.8) is 0 Å². The van der Waals surface area contributed by atoms with E-state index in [9.17, 15) is 0 Å². The average molecular weight is 255 g/mol. The fourth-order valence-electron chi connectivity index (χ4n) is 2.05. The lowest BCUT2D eigenvalue weighted by atomic mass is 9.92. The average Bonchev–Trinajstić information content (AvgIpc) is 2.94. The molecule has 2 N–H and O–H groups in total. The first kappa shape index (κ1) is 11.8. The summed E-state index contributed by atoms with van der Waals surface area (Å²) in [5, 5.41) is 6.45. The zero-order chi connectivity index (χ0) is 13.2. The fourth-order valence-corrected chi connectivity index (χ4v) is 2.05. The van der Waals surface area contributed by atoms with Gasteiger partial charge in [0.25, 0.3) is 0 Å². The number of guanidine groups is 1. The number of nitrogens with one attached hydrogen (secondary N) is 2. The lowest BCUT2D eigenvalue weighted by Gasteiger charge is -2.11. The van der Waals surface area contributed by atoms with Crippen molar-refractivity contribution in [2.45, 2.75) is 0 Å². The number of hydrogen-bond acceptors (Lipinski definition) is 6. The molecule has 3 rings (SSSR count).